The predicted molar refractivity (Wildman–Crippen MR) is 79.4 cm³/mol. The van der Waals surface area contributed by atoms with Crippen LogP contribution in [0.25, 0.3) is 0 Å². The number of halogens is 1. The van der Waals surface area contributed by atoms with Gasteiger partial charge in [-0.3, -0.25) is 0 Å². The number of nitrogen functional groups attached to an aromatic ring is 1. The van der Waals surface area contributed by atoms with E-state index in [4.69, 9.17) is 22.6 Å². The van der Waals surface area contributed by atoms with E-state index < -0.39 is 5.97 Å². The number of nitriles is 1. The molecule has 0 unspecified atom stereocenters. The number of ether oxygens (including phenoxy) is 1. The van der Waals surface area contributed by atoms with Crippen molar-refractivity contribution in [2.24, 2.45) is 0 Å². The summed E-state index contributed by atoms with van der Waals surface area (Å²) in [6.45, 7) is 0. The maximum absolute atomic E-state index is 11.7. The third-order valence-corrected chi connectivity index (χ3v) is 2.99. The highest BCUT2D eigenvalue weighted by molar-refractivity contribution is 6.33. The molecule has 0 aliphatic carbocycles. The van der Waals surface area contributed by atoms with Gasteiger partial charge in [-0.2, -0.15) is 5.26 Å². The van der Waals surface area contributed by atoms with Crippen LogP contribution in [0, 0.1) is 11.3 Å². The average molecular weight is 303 g/mol. The standard InChI is InChI=1S/C14H11ClN4O2/c1-21-14(20)10-5-9(17)7-18-13(10)19-12-4-8(6-16)2-3-11(12)15/h2-5,7H,17H2,1H3,(H,18,19). The Morgan fingerprint density at radius 2 is 2.24 bits per heavy atom. The molecule has 1 aromatic carbocycles. The molecule has 3 N–H and O–H groups in total. The van der Waals surface area contributed by atoms with Crippen LogP contribution in [-0.2, 0) is 4.74 Å². The lowest BCUT2D eigenvalue weighted by atomic mass is 10.2. The lowest BCUT2D eigenvalue weighted by Crippen LogP contribution is -2.08. The normalized spacial score (nSPS) is 9.76. The van der Waals surface area contributed by atoms with Gasteiger partial charge in [0.15, 0.2) is 0 Å². The molecule has 0 bridgehead atoms. The van der Waals surface area contributed by atoms with Crippen LogP contribution in [-0.4, -0.2) is 18.1 Å². The third kappa shape index (κ3) is 3.22. The van der Waals surface area contributed by atoms with Gasteiger partial charge in [-0.05, 0) is 24.3 Å². The Labute approximate surface area is 126 Å². The van der Waals surface area contributed by atoms with Gasteiger partial charge in [0, 0.05) is 0 Å². The Bertz CT molecular complexity index is 740. The summed E-state index contributed by atoms with van der Waals surface area (Å²) in [4.78, 5) is 15.8. The van der Waals surface area contributed by atoms with Gasteiger partial charge in [0.05, 0.1) is 41.3 Å². The molecule has 6 nitrogen and oxygen atoms in total. The molecule has 1 heterocycles. The van der Waals surface area contributed by atoms with E-state index in [9.17, 15) is 4.79 Å². The van der Waals surface area contributed by atoms with Crippen LogP contribution in [0.3, 0.4) is 0 Å². The molecule has 0 aliphatic heterocycles. The van der Waals surface area contributed by atoms with Gasteiger partial charge < -0.3 is 15.8 Å². The van der Waals surface area contributed by atoms with E-state index in [-0.39, 0.29) is 11.4 Å². The second kappa shape index (κ2) is 6.11. The maximum Gasteiger partial charge on any atom is 0.341 e. The molecule has 0 saturated heterocycles. The summed E-state index contributed by atoms with van der Waals surface area (Å²) >= 11 is 6.06. The molecule has 1 aromatic heterocycles. The van der Waals surface area contributed by atoms with Crippen molar-refractivity contribution in [2.45, 2.75) is 0 Å². The van der Waals surface area contributed by atoms with E-state index in [1.54, 1.807) is 18.2 Å². The van der Waals surface area contributed by atoms with E-state index in [1.807, 2.05) is 6.07 Å². The number of pyridine rings is 1. The second-order valence-electron chi connectivity index (χ2n) is 4.09. The minimum atomic E-state index is -0.579. The van der Waals surface area contributed by atoms with Crippen molar-refractivity contribution >= 4 is 34.8 Å². The highest BCUT2D eigenvalue weighted by atomic mass is 35.5. The zero-order valence-electron chi connectivity index (χ0n) is 11.1. The highest BCUT2D eigenvalue weighted by Gasteiger charge is 2.15. The number of carbonyl (C=O) groups is 1. The van der Waals surface area contributed by atoms with Gasteiger partial charge in [0.2, 0.25) is 0 Å². The first-order valence-electron chi connectivity index (χ1n) is 5.85. The zero-order chi connectivity index (χ0) is 15.4. The number of nitrogens with one attached hydrogen (secondary N) is 1. The highest BCUT2D eigenvalue weighted by Crippen LogP contribution is 2.28. The number of hydrogen-bond donors (Lipinski definition) is 2. The van der Waals surface area contributed by atoms with Gasteiger partial charge in [0.1, 0.15) is 11.4 Å². The molecule has 7 heteroatoms. The largest absolute Gasteiger partial charge is 0.465 e. The second-order valence-corrected chi connectivity index (χ2v) is 4.50. The maximum atomic E-state index is 11.7. The quantitative estimate of drug-likeness (QED) is 0.845. The summed E-state index contributed by atoms with van der Waals surface area (Å²) < 4.78 is 4.68. The lowest BCUT2D eigenvalue weighted by molar-refractivity contribution is 0.0601. The van der Waals surface area contributed by atoms with Crippen molar-refractivity contribution in [2.75, 3.05) is 18.2 Å². The number of hydrogen-bond acceptors (Lipinski definition) is 6. The third-order valence-electron chi connectivity index (χ3n) is 2.66. The first-order chi connectivity index (χ1) is 10.0. The van der Waals surface area contributed by atoms with E-state index in [0.717, 1.165) is 0 Å². The van der Waals surface area contributed by atoms with Crippen LogP contribution in [0.5, 0.6) is 0 Å². The number of rotatable bonds is 3. The summed E-state index contributed by atoms with van der Waals surface area (Å²) in [5.74, 6) is -0.335. The predicted octanol–water partition coefficient (Wildman–Crippen LogP) is 2.72. The van der Waals surface area contributed by atoms with E-state index in [1.165, 1.54) is 19.4 Å². The molecular weight excluding hydrogens is 292 g/mol. The van der Waals surface area contributed by atoms with Crippen LogP contribution in [0.2, 0.25) is 5.02 Å². The summed E-state index contributed by atoms with van der Waals surface area (Å²) in [6.07, 6.45) is 1.40. The number of carbonyl (C=O) groups excluding carboxylic acids is 1. The van der Waals surface area contributed by atoms with Gasteiger partial charge in [0.25, 0.3) is 0 Å². The molecule has 21 heavy (non-hydrogen) atoms. The van der Waals surface area contributed by atoms with Gasteiger partial charge in [-0.1, -0.05) is 11.6 Å². The molecule has 106 valence electrons. The van der Waals surface area contributed by atoms with Crippen molar-refractivity contribution in [1.29, 1.82) is 5.26 Å². The molecule has 0 aliphatic rings. The van der Waals surface area contributed by atoms with Crippen LogP contribution in [0.4, 0.5) is 17.2 Å². The molecular formula is C14H11ClN4O2. The Kier molecular flexibility index (Phi) is 4.26. The van der Waals surface area contributed by atoms with E-state index >= 15 is 0 Å². The van der Waals surface area contributed by atoms with E-state index in [0.29, 0.717) is 22.0 Å². The summed E-state index contributed by atoms with van der Waals surface area (Å²) in [7, 11) is 1.26. The van der Waals surface area contributed by atoms with Crippen LogP contribution in [0.15, 0.2) is 30.5 Å². The fourth-order valence-electron chi connectivity index (χ4n) is 1.66. The summed E-state index contributed by atoms with van der Waals surface area (Å²) in [6, 6.07) is 8.18. The minimum Gasteiger partial charge on any atom is -0.465 e. The summed E-state index contributed by atoms with van der Waals surface area (Å²) in [5, 5.41) is 12.2. The van der Waals surface area contributed by atoms with Crippen molar-refractivity contribution < 1.29 is 9.53 Å². The smallest absolute Gasteiger partial charge is 0.341 e. The van der Waals surface area contributed by atoms with Crippen LogP contribution in [0.1, 0.15) is 15.9 Å². The minimum absolute atomic E-state index is 0.177. The Morgan fingerprint density at radius 1 is 1.48 bits per heavy atom. The monoisotopic (exact) mass is 302 g/mol. The SMILES string of the molecule is COC(=O)c1cc(N)cnc1Nc1cc(C#N)ccc1Cl. The molecule has 2 aromatic rings. The Hall–Kier alpha value is -2.78. The van der Waals surface area contributed by atoms with Gasteiger partial charge >= 0.3 is 5.97 Å². The summed E-state index contributed by atoms with van der Waals surface area (Å²) in [5.41, 5.74) is 7.01. The molecule has 2 rings (SSSR count). The lowest BCUT2D eigenvalue weighted by Gasteiger charge is -2.11. The van der Waals surface area contributed by atoms with Crippen molar-refractivity contribution in [3.8, 4) is 6.07 Å². The van der Waals surface area contributed by atoms with Crippen molar-refractivity contribution in [3.63, 3.8) is 0 Å². The van der Waals surface area contributed by atoms with E-state index in [2.05, 4.69) is 15.0 Å². The molecule has 0 fully saturated rings. The zero-order valence-corrected chi connectivity index (χ0v) is 11.8. The number of aromatic nitrogens is 1. The Balaban J connectivity index is 2.45. The molecule has 0 radical (unpaired) electrons. The first kappa shape index (κ1) is 14.6. The Morgan fingerprint density at radius 3 is 2.90 bits per heavy atom. The average Bonchev–Trinajstić information content (AvgIpc) is 2.50. The van der Waals surface area contributed by atoms with Crippen molar-refractivity contribution in [1.82, 2.24) is 4.98 Å². The fraction of sp³-hybridized carbons (Fsp3) is 0.0714. The molecule has 0 atom stereocenters. The first-order valence-corrected chi connectivity index (χ1v) is 6.23. The van der Waals surface area contributed by atoms with Gasteiger partial charge in [-0.15, -0.1) is 0 Å². The number of esters is 1. The van der Waals surface area contributed by atoms with Crippen LogP contribution < -0.4 is 11.1 Å². The number of anilines is 3. The van der Waals surface area contributed by atoms with Gasteiger partial charge in [-0.25, -0.2) is 9.78 Å². The molecule has 0 amide bonds. The number of nitrogens with two attached hydrogens (primary N) is 1. The topological polar surface area (TPSA) is 101 Å². The number of nitrogens with zero attached hydrogens (tertiary/aromatic N) is 2. The van der Waals surface area contributed by atoms with Crippen molar-refractivity contribution in [3.05, 3.63) is 46.6 Å². The molecule has 0 spiro atoms. The molecule has 0 saturated carbocycles. The number of methoxy groups -OCH3 is 1. The fourth-order valence-corrected chi connectivity index (χ4v) is 1.83. The number of benzene rings is 1. The van der Waals surface area contributed by atoms with Crippen LogP contribution >= 0.6 is 11.6 Å².